The molecule has 2 rings (SSSR count). The fourth-order valence-electron chi connectivity index (χ4n) is 2.02. The molecule has 1 saturated carbocycles. The fourth-order valence-corrected chi connectivity index (χ4v) is 2.02. The van der Waals surface area contributed by atoms with Crippen molar-refractivity contribution in [1.29, 1.82) is 0 Å². The van der Waals surface area contributed by atoms with Crippen molar-refractivity contribution in [1.82, 2.24) is 9.80 Å². The van der Waals surface area contributed by atoms with Crippen LogP contribution in [0.2, 0.25) is 0 Å². The van der Waals surface area contributed by atoms with Crippen LogP contribution < -0.4 is 0 Å². The Morgan fingerprint density at radius 1 is 1.27 bits per heavy atom. The Bertz CT molecular complexity index is 259. The van der Waals surface area contributed by atoms with Crippen LogP contribution in [0, 0.1) is 5.92 Å². The number of carbonyl (C=O) groups is 1. The molecular formula is C12H22N2O. The third-order valence-electron chi connectivity index (χ3n) is 3.71. The van der Waals surface area contributed by atoms with E-state index in [9.17, 15) is 4.79 Å². The maximum absolute atomic E-state index is 11.7. The zero-order chi connectivity index (χ0) is 11.2. The second-order valence-electron chi connectivity index (χ2n) is 5.95. The van der Waals surface area contributed by atoms with Gasteiger partial charge < -0.3 is 4.90 Å². The summed E-state index contributed by atoms with van der Waals surface area (Å²) in [6, 6.07) is 0.563. The Labute approximate surface area is 92.4 Å². The second-order valence-corrected chi connectivity index (χ2v) is 5.95. The predicted octanol–water partition coefficient (Wildman–Crippen LogP) is 1.34. The zero-order valence-electron chi connectivity index (χ0n) is 10.3. The van der Waals surface area contributed by atoms with E-state index in [0.717, 1.165) is 25.9 Å². The van der Waals surface area contributed by atoms with Crippen molar-refractivity contribution in [2.75, 3.05) is 20.1 Å². The summed E-state index contributed by atoms with van der Waals surface area (Å²) in [4.78, 5) is 16.1. The summed E-state index contributed by atoms with van der Waals surface area (Å²) in [5.41, 5.74) is 0.208. The van der Waals surface area contributed by atoms with Gasteiger partial charge in [-0.1, -0.05) is 0 Å². The van der Waals surface area contributed by atoms with E-state index in [1.54, 1.807) is 0 Å². The number of nitrogens with zero attached hydrogens (tertiary/aromatic N) is 2. The van der Waals surface area contributed by atoms with Gasteiger partial charge in [0.25, 0.3) is 0 Å². The van der Waals surface area contributed by atoms with Crippen LogP contribution in [-0.2, 0) is 4.79 Å². The number of hydrogen-bond acceptors (Lipinski definition) is 2. The van der Waals surface area contributed by atoms with Gasteiger partial charge in [-0.3, -0.25) is 9.69 Å². The molecule has 0 bridgehead atoms. The molecular weight excluding hydrogens is 188 g/mol. The first kappa shape index (κ1) is 10.9. The van der Waals surface area contributed by atoms with Crippen molar-refractivity contribution in [2.45, 2.75) is 45.2 Å². The van der Waals surface area contributed by atoms with Crippen LogP contribution in [0.4, 0.5) is 0 Å². The van der Waals surface area contributed by atoms with E-state index >= 15 is 0 Å². The van der Waals surface area contributed by atoms with Crippen molar-refractivity contribution >= 4 is 5.91 Å². The molecule has 1 amide bonds. The number of amides is 1. The summed E-state index contributed by atoms with van der Waals surface area (Å²) in [6.45, 7) is 8.53. The lowest BCUT2D eigenvalue weighted by Gasteiger charge is -2.49. The van der Waals surface area contributed by atoms with Crippen LogP contribution in [-0.4, -0.2) is 47.4 Å². The van der Waals surface area contributed by atoms with E-state index in [1.165, 1.54) is 0 Å². The van der Waals surface area contributed by atoms with Crippen LogP contribution in [0.5, 0.6) is 0 Å². The van der Waals surface area contributed by atoms with E-state index < -0.39 is 0 Å². The van der Waals surface area contributed by atoms with Crippen LogP contribution >= 0.6 is 0 Å². The number of rotatable bonds is 2. The Morgan fingerprint density at radius 3 is 2.20 bits per heavy atom. The van der Waals surface area contributed by atoms with Gasteiger partial charge in [-0.15, -0.1) is 0 Å². The van der Waals surface area contributed by atoms with Crippen LogP contribution in [0.25, 0.3) is 0 Å². The van der Waals surface area contributed by atoms with E-state index in [2.05, 4.69) is 32.7 Å². The highest BCUT2D eigenvalue weighted by Gasteiger charge is 2.41. The van der Waals surface area contributed by atoms with Gasteiger partial charge >= 0.3 is 0 Å². The lowest BCUT2D eigenvalue weighted by Crippen LogP contribution is -2.63. The van der Waals surface area contributed by atoms with Crippen LogP contribution in [0.3, 0.4) is 0 Å². The van der Waals surface area contributed by atoms with Gasteiger partial charge in [0.1, 0.15) is 0 Å². The molecule has 2 fully saturated rings. The highest BCUT2D eigenvalue weighted by atomic mass is 16.2. The summed E-state index contributed by atoms with van der Waals surface area (Å²) in [5.74, 6) is 0.777. The molecule has 1 saturated heterocycles. The average Bonchev–Trinajstić information content (AvgIpc) is 2.80. The molecule has 0 unspecified atom stereocenters. The van der Waals surface area contributed by atoms with Gasteiger partial charge in [0, 0.05) is 30.6 Å². The van der Waals surface area contributed by atoms with Crippen molar-refractivity contribution in [2.24, 2.45) is 5.92 Å². The van der Waals surface area contributed by atoms with E-state index in [4.69, 9.17) is 0 Å². The summed E-state index contributed by atoms with van der Waals surface area (Å²) >= 11 is 0. The number of carbonyl (C=O) groups excluding carboxylic acids is 1. The molecule has 0 N–H and O–H groups in total. The van der Waals surface area contributed by atoms with Gasteiger partial charge in [0.15, 0.2) is 0 Å². The normalized spacial score (nSPS) is 23.1. The highest BCUT2D eigenvalue weighted by molar-refractivity contribution is 5.81. The molecule has 0 radical (unpaired) electrons. The second kappa shape index (κ2) is 3.48. The molecule has 3 heteroatoms. The van der Waals surface area contributed by atoms with E-state index in [1.807, 2.05) is 4.90 Å². The Hall–Kier alpha value is -0.570. The van der Waals surface area contributed by atoms with Crippen molar-refractivity contribution in [3.05, 3.63) is 0 Å². The molecule has 0 atom stereocenters. The van der Waals surface area contributed by atoms with E-state index in [-0.39, 0.29) is 5.54 Å². The maximum Gasteiger partial charge on any atom is 0.225 e. The summed E-state index contributed by atoms with van der Waals surface area (Å²) in [5, 5.41) is 0. The molecule has 0 aromatic rings. The fraction of sp³-hybridized carbons (Fsp3) is 0.917. The topological polar surface area (TPSA) is 23.6 Å². The molecule has 2 aliphatic rings. The number of likely N-dealkylation sites (tertiary alicyclic amines) is 1. The van der Waals surface area contributed by atoms with Gasteiger partial charge in [0.05, 0.1) is 0 Å². The van der Waals surface area contributed by atoms with Crippen molar-refractivity contribution in [3.63, 3.8) is 0 Å². The lowest BCUT2D eigenvalue weighted by molar-refractivity contribution is -0.141. The largest absolute Gasteiger partial charge is 0.339 e. The van der Waals surface area contributed by atoms with Gasteiger partial charge in [-0.25, -0.2) is 0 Å². The minimum Gasteiger partial charge on any atom is -0.339 e. The van der Waals surface area contributed by atoms with Crippen molar-refractivity contribution in [3.8, 4) is 0 Å². The molecule has 0 aromatic carbocycles. The molecule has 0 spiro atoms. The van der Waals surface area contributed by atoms with Gasteiger partial charge in [-0.05, 0) is 40.7 Å². The molecule has 1 aliphatic heterocycles. The summed E-state index contributed by atoms with van der Waals surface area (Å²) < 4.78 is 0. The maximum atomic E-state index is 11.7. The Balaban J connectivity index is 1.80. The first-order valence-electron chi connectivity index (χ1n) is 5.91. The van der Waals surface area contributed by atoms with Crippen molar-refractivity contribution < 1.29 is 4.79 Å². The smallest absolute Gasteiger partial charge is 0.225 e. The SMILES string of the molecule is CN(C1CN(C(=O)C2CC2)C1)C(C)(C)C. The van der Waals surface area contributed by atoms with E-state index in [0.29, 0.717) is 17.9 Å². The van der Waals surface area contributed by atoms with Crippen LogP contribution in [0.15, 0.2) is 0 Å². The summed E-state index contributed by atoms with van der Waals surface area (Å²) in [7, 11) is 2.16. The highest BCUT2D eigenvalue weighted by Crippen LogP contribution is 2.33. The monoisotopic (exact) mass is 210 g/mol. The van der Waals surface area contributed by atoms with Crippen LogP contribution in [0.1, 0.15) is 33.6 Å². The van der Waals surface area contributed by atoms with Gasteiger partial charge in [0.2, 0.25) is 5.91 Å². The predicted molar refractivity (Wildman–Crippen MR) is 60.6 cm³/mol. The number of likely N-dealkylation sites (N-methyl/N-ethyl adjacent to an activating group) is 1. The molecule has 3 nitrogen and oxygen atoms in total. The minimum atomic E-state index is 0.208. The molecule has 0 aromatic heterocycles. The third kappa shape index (κ3) is 2.17. The van der Waals surface area contributed by atoms with Gasteiger partial charge in [-0.2, -0.15) is 0 Å². The minimum absolute atomic E-state index is 0.208. The quantitative estimate of drug-likeness (QED) is 0.686. The zero-order valence-corrected chi connectivity index (χ0v) is 10.3. The first-order valence-corrected chi connectivity index (χ1v) is 5.91. The molecule has 1 aliphatic carbocycles. The average molecular weight is 210 g/mol. The Kier molecular flexibility index (Phi) is 2.53. The Morgan fingerprint density at radius 2 is 1.80 bits per heavy atom. The number of hydrogen-bond donors (Lipinski definition) is 0. The third-order valence-corrected chi connectivity index (χ3v) is 3.71. The standard InChI is InChI=1S/C12H22N2O/c1-12(2,3)13(4)10-7-14(8-10)11(15)9-5-6-9/h9-10H,5-8H2,1-4H3. The first-order chi connectivity index (χ1) is 6.89. The molecule has 1 heterocycles. The summed E-state index contributed by atoms with van der Waals surface area (Å²) in [6.07, 6.45) is 2.24. The molecule has 86 valence electrons. The lowest BCUT2D eigenvalue weighted by atomic mass is 9.99. The molecule has 15 heavy (non-hydrogen) atoms.